The molecule has 2 aromatic carbocycles. The van der Waals surface area contributed by atoms with Gasteiger partial charge in [-0.05, 0) is 51.8 Å². The van der Waals surface area contributed by atoms with Crippen LogP contribution in [0.2, 0.25) is 0 Å². The number of hydrogen-bond acceptors (Lipinski definition) is 4. The summed E-state index contributed by atoms with van der Waals surface area (Å²) in [6, 6.07) is 11.7. The summed E-state index contributed by atoms with van der Waals surface area (Å²) in [6.45, 7) is 0. The maximum atomic E-state index is 13.2. The van der Waals surface area contributed by atoms with Crippen molar-refractivity contribution >= 4 is 21.6 Å². The van der Waals surface area contributed by atoms with E-state index in [1.807, 2.05) is 12.1 Å². The number of nitrogen functional groups attached to an aromatic ring is 1. The zero-order valence-corrected chi connectivity index (χ0v) is 12.5. The van der Waals surface area contributed by atoms with Gasteiger partial charge in [-0.15, -0.1) is 0 Å². The lowest BCUT2D eigenvalue weighted by Gasteiger charge is -2.00. The average Bonchev–Trinajstić information content (AvgIpc) is 2.90. The van der Waals surface area contributed by atoms with Crippen molar-refractivity contribution in [3.8, 4) is 11.5 Å². The zero-order valence-electron chi connectivity index (χ0n) is 10.9. The fraction of sp³-hybridized carbons (Fsp3) is 0.0667. The van der Waals surface area contributed by atoms with Gasteiger partial charge in [-0.2, -0.15) is 4.98 Å². The minimum absolute atomic E-state index is 0.283. The highest BCUT2D eigenvalue weighted by atomic mass is 79.9. The highest BCUT2D eigenvalue weighted by Crippen LogP contribution is 2.29. The van der Waals surface area contributed by atoms with Crippen LogP contribution in [0.15, 0.2) is 51.5 Å². The first-order chi connectivity index (χ1) is 10.1. The van der Waals surface area contributed by atoms with Gasteiger partial charge in [-0.25, -0.2) is 4.39 Å². The first-order valence-electron chi connectivity index (χ1n) is 6.24. The van der Waals surface area contributed by atoms with Crippen LogP contribution in [0, 0.1) is 5.82 Å². The molecule has 3 rings (SSSR count). The van der Waals surface area contributed by atoms with Crippen LogP contribution < -0.4 is 5.73 Å². The lowest BCUT2D eigenvalue weighted by atomic mass is 10.1. The average molecular weight is 348 g/mol. The van der Waals surface area contributed by atoms with E-state index in [9.17, 15) is 4.39 Å². The van der Waals surface area contributed by atoms with Crippen LogP contribution in [0.25, 0.3) is 11.5 Å². The number of halogens is 2. The van der Waals surface area contributed by atoms with Crippen molar-refractivity contribution in [2.75, 3.05) is 5.73 Å². The van der Waals surface area contributed by atoms with E-state index in [4.69, 9.17) is 10.3 Å². The third-order valence-corrected chi connectivity index (χ3v) is 3.63. The van der Waals surface area contributed by atoms with Gasteiger partial charge in [0.1, 0.15) is 5.82 Å². The van der Waals surface area contributed by atoms with Crippen molar-refractivity contribution in [2.45, 2.75) is 6.42 Å². The topological polar surface area (TPSA) is 64.9 Å². The number of rotatable bonds is 3. The second kappa shape index (κ2) is 5.65. The highest BCUT2D eigenvalue weighted by Gasteiger charge is 2.13. The van der Waals surface area contributed by atoms with E-state index in [0.717, 1.165) is 15.6 Å². The molecule has 0 aliphatic heterocycles. The molecular weight excluding hydrogens is 337 g/mol. The predicted octanol–water partition coefficient (Wildman–Crippen LogP) is 3.81. The minimum Gasteiger partial charge on any atom is -0.399 e. The van der Waals surface area contributed by atoms with Gasteiger partial charge in [0.25, 0.3) is 5.89 Å². The molecule has 0 atom stereocenters. The summed E-state index contributed by atoms with van der Waals surface area (Å²) in [6.07, 6.45) is 0.404. The molecule has 0 saturated heterocycles. The van der Waals surface area contributed by atoms with Gasteiger partial charge >= 0.3 is 0 Å². The largest absolute Gasteiger partial charge is 0.399 e. The molecule has 4 nitrogen and oxygen atoms in total. The molecule has 0 spiro atoms. The Hall–Kier alpha value is -2.21. The highest BCUT2D eigenvalue weighted by molar-refractivity contribution is 9.10. The molecule has 21 heavy (non-hydrogen) atoms. The monoisotopic (exact) mass is 347 g/mol. The van der Waals surface area contributed by atoms with E-state index < -0.39 is 0 Å². The number of nitrogens with two attached hydrogens (primary N) is 1. The first kappa shape index (κ1) is 13.8. The van der Waals surface area contributed by atoms with Crippen LogP contribution >= 0.6 is 15.9 Å². The summed E-state index contributed by atoms with van der Waals surface area (Å²) in [5, 5.41) is 3.92. The van der Waals surface area contributed by atoms with Gasteiger partial charge in [0.05, 0.1) is 5.56 Å². The lowest BCUT2D eigenvalue weighted by Crippen LogP contribution is -1.92. The molecular formula is C15H11BrFN3O. The summed E-state index contributed by atoms with van der Waals surface area (Å²) in [7, 11) is 0. The predicted molar refractivity (Wildman–Crippen MR) is 81.1 cm³/mol. The molecule has 0 fully saturated rings. The van der Waals surface area contributed by atoms with Crippen molar-refractivity contribution < 1.29 is 8.91 Å². The van der Waals surface area contributed by atoms with Gasteiger partial charge in [0.2, 0.25) is 0 Å². The van der Waals surface area contributed by atoms with Gasteiger partial charge < -0.3 is 10.3 Å². The first-order valence-corrected chi connectivity index (χ1v) is 7.03. The molecule has 0 radical (unpaired) electrons. The molecule has 106 valence electrons. The van der Waals surface area contributed by atoms with Crippen LogP contribution in [0.1, 0.15) is 11.4 Å². The van der Waals surface area contributed by atoms with E-state index in [-0.39, 0.29) is 5.82 Å². The molecule has 0 unspecified atom stereocenters. The summed E-state index contributed by atoms with van der Waals surface area (Å²) in [4.78, 5) is 4.32. The number of benzene rings is 2. The van der Waals surface area contributed by atoms with Gasteiger partial charge in [-0.3, -0.25) is 0 Å². The molecule has 6 heteroatoms. The van der Waals surface area contributed by atoms with Crippen molar-refractivity contribution in [3.05, 3.63) is 64.1 Å². The smallest absolute Gasteiger partial charge is 0.259 e. The van der Waals surface area contributed by atoms with E-state index in [1.165, 1.54) is 12.1 Å². The third-order valence-electron chi connectivity index (χ3n) is 2.94. The lowest BCUT2D eigenvalue weighted by molar-refractivity contribution is 0.423. The van der Waals surface area contributed by atoms with Crippen LogP contribution in [-0.4, -0.2) is 10.1 Å². The molecule has 2 N–H and O–H groups in total. The van der Waals surface area contributed by atoms with Gasteiger partial charge in [0, 0.05) is 16.6 Å². The molecule has 1 aromatic heterocycles. The molecule has 0 aliphatic rings. The molecule has 0 amide bonds. The molecule has 0 aliphatic carbocycles. The zero-order chi connectivity index (χ0) is 14.8. The molecule has 1 heterocycles. The van der Waals surface area contributed by atoms with E-state index in [2.05, 4.69) is 26.1 Å². The third kappa shape index (κ3) is 3.11. The maximum absolute atomic E-state index is 13.2. The SMILES string of the molecule is Nc1ccc(Br)c(-c2nc(Cc3cccc(F)c3)no2)c1. The van der Waals surface area contributed by atoms with E-state index in [0.29, 0.717) is 23.8 Å². The Kier molecular flexibility index (Phi) is 3.70. The van der Waals surface area contributed by atoms with Gasteiger partial charge in [0.15, 0.2) is 5.82 Å². The van der Waals surface area contributed by atoms with Crippen LogP contribution in [-0.2, 0) is 6.42 Å². The number of hydrogen-bond donors (Lipinski definition) is 1. The fourth-order valence-corrected chi connectivity index (χ4v) is 2.39. The van der Waals surface area contributed by atoms with Crippen molar-refractivity contribution in [2.24, 2.45) is 0 Å². The number of anilines is 1. The Morgan fingerprint density at radius 1 is 1.19 bits per heavy atom. The second-order valence-corrected chi connectivity index (χ2v) is 5.42. The molecule has 0 saturated carbocycles. The van der Waals surface area contributed by atoms with Crippen molar-refractivity contribution in [1.82, 2.24) is 10.1 Å². The van der Waals surface area contributed by atoms with Gasteiger partial charge in [-0.1, -0.05) is 17.3 Å². The summed E-state index contributed by atoms with van der Waals surface area (Å²) >= 11 is 3.42. The molecule has 0 bridgehead atoms. The Bertz CT molecular complexity index is 788. The molecule has 3 aromatic rings. The fourth-order valence-electron chi connectivity index (χ4n) is 1.97. The Morgan fingerprint density at radius 3 is 2.86 bits per heavy atom. The number of aromatic nitrogens is 2. The summed E-state index contributed by atoms with van der Waals surface area (Å²) in [5.41, 5.74) is 7.88. The van der Waals surface area contributed by atoms with Crippen molar-refractivity contribution in [1.29, 1.82) is 0 Å². The minimum atomic E-state index is -0.283. The maximum Gasteiger partial charge on any atom is 0.259 e. The Balaban J connectivity index is 1.88. The summed E-state index contributed by atoms with van der Waals surface area (Å²) < 4.78 is 19.2. The number of nitrogens with zero attached hydrogens (tertiary/aromatic N) is 2. The van der Waals surface area contributed by atoms with E-state index in [1.54, 1.807) is 18.2 Å². The second-order valence-electron chi connectivity index (χ2n) is 4.56. The normalized spacial score (nSPS) is 10.8. The standard InChI is InChI=1S/C15H11BrFN3O/c16-13-5-4-11(18)8-12(13)15-19-14(20-21-15)7-9-2-1-3-10(17)6-9/h1-6,8H,7,18H2. The van der Waals surface area contributed by atoms with Crippen LogP contribution in [0.5, 0.6) is 0 Å². The van der Waals surface area contributed by atoms with Crippen LogP contribution in [0.4, 0.5) is 10.1 Å². The van der Waals surface area contributed by atoms with Crippen LogP contribution in [0.3, 0.4) is 0 Å². The summed E-state index contributed by atoms with van der Waals surface area (Å²) in [5.74, 6) is 0.584. The van der Waals surface area contributed by atoms with Crippen molar-refractivity contribution in [3.63, 3.8) is 0 Å². The quantitative estimate of drug-likeness (QED) is 0.731. The Labute approximate surface area is 128 Å². The Morgan fingerprint density at radius 2 is 2.05 bits per heavy atom. The van der Waals surface area contributed by atoms with E-state index >= 15 is 0 Å².